The Bertz CT molecular complexity index is 587. The van der Waals surface area contributed by atoms with Crippen molar-refractivity contribution in [1.82, 2.24) is 24.5 Å². The first-order chi connectivity index (χ1) is 9.69. The van der Waals surface area contributed by atoms with Gasteiger partial charge in [-0.25, -0.2) is 14.5 Å². The average Bonchev–Trinajstić information content (AvgIpc) is 3.02. The van der Waals surface area contributed by atoms with Crippen molar-refractivity contribution in [3.63, 3.8) is 0 Å². The van der Waals surface area contributed by atoms with Gasteiger partial charge in [0.1, 0.15) is 5.69 Å². The van der Waals surface area contributed by atoms with E-state index in [2.05, 4.69) is 22.2 Å². The number of esters is 1. The Morgan fingerprint density at radius 2 is 2.20 bits per heavy atom. The molecule has 20 heavy (non-hydrogen) atoms. The van der Waals surface area contributed by atoms with Gasteiger partial charge in [-0.2, -0.15) is 0 Å². The van der Waals surface area contributed by atoms with E-state index in [1.807, 2.05) is 11.6 Å². The van der Waals surface area contributed by atoms with E-state index in [4.69, 9.17) is 4.74 Å². The molecule has 0 unspecified atom stereocenters. The second kappa shape index (κ2) is 6.31. The van der Waals surface area contributed by atoms with Gasteiger partial charge in [0.25, 0.3) is 0 Å². The number of carbonyl (C=O) groups is 1. The van der Waals surface area contributed by atoms with Crippen LogP contribution in [0, 0.1) is 0 Å². The number of rotatable bonds is 6. The molecule has 0 aliphatic carbocycles. The van der Waals surface area contributed by atoms with Gasteiger partial charge in [-0.05, 0) is 13.3 Å². The van der Waals surface area contributed by atoms with Crippen LogP contribution >= 0.6 is 0 Å². The van der Waals surface area contributed by atoms with E-state index in [0.29, 0.717) is 18.8 Å². The summed E-state index contributed by atoms with van der Waals surface area (Å²) in [6.45, 7) is 4.89. The van der Waals surface area contributed by atoms with E-state index in [0.717, 1.165) is 18.5 Å². The number of carbonyl (C=O) groups excluding carboxylic acids is 1. The molecule has 0 saturated heterocycles. The minimum absolute atomic E-state index is 0.242. The summed E-state index contributed by atoms with van der Waals surface area (Å²) in [7, 11) is 1.87. The van der Waals surface area contributed by atoms with Crippen LogP contribution < -0.4 is 0 Å². The second-order valence-corrected chi connectivity index (χ2v) is 4.47. The molecule has 0 N–H and O–H groups in total. The van der Waals surface area contributed by atoms with Gasteiger partial charge in [-0.1, -0.05) is 18.6 Å². The third kappa shape index (κ3) is 2.71. The van der Waals surface area contributed by atoms with Crippen LogP contribution in [0.4, 0.5) is 0 Å². The molecule has 7 nitrogen and oxygen atoms in total. The Labute approximate surface area is 117 Å². The molecule has 0 aliphatic heterocycles. The lowest BCUT2D eigenvalue weighted by molar-refractivity contribution is 0.0520. The van der Waals surface area contributed by atoms with Crippen molar-refractivity contribution in [3.8, 4) is 11.4 Å². The quantitative estimate of drug-likeness (QED) is 0.751. The van der Waals surface area contributed by atoms with Crippen molar-refractivity contribution in [2.24, 2.45) is 7.05 Å². The summed E-state index contributed by atoms with van der Waals surface area (Å²) in [6, 6.07) is 0. The molecule has 2 aromatic heterocycles. The molecule has 2 rings (SSSR count). The smallest absolute Gasteiger partial charge is 0.361 e. The molecular formula is C13H19N5O2. The molecule has 0 bridgehead atoms. The van der Waals surface area contributed by atoms with E-state index < -0.39 is 5.97 Å². The lowest BCUT2D eigenvalue weighted by Gasteiger charge is -2.07. The van der Waals surface area contributed by atoms with Crippen LogP contribution in [0.2, 0.25) is 0 Å². The fourth-order valence-corrected chi connectivity index (χ4v) is 1.95. The van der Waals surface area contributed by atoms with E-state index in [9.17, 15) is 4.79 Å². The molecule has 2 aromatic rings. The molecule has 7 heteroatoms. The Balaban J connectivity index is 2.45. The highest BCUT2D eigenvalue weighted by molar-refractivity contribution is 5.93. The second-order valence-electron chi connectivity index (χ2n) is 4.47. The van der Waals surface area contributed by atoms with Crippen LogP contribution in [0.25, 0.3) is 11.4 Å². The van der Waals surface area contributed by atoms with Crippen LogP contribution in [0.1, 0.15) is 37.2 Å². The highest BCUT2D eigenvalue weighted by Gasteiger charge is 2.23. The molecular weight excluding hydrogens is 258 g/mol. The zero-order valence-electron chi connectivity index (χ0n) is 12.0. The lowest BCUT2D eigenvalue weighted by atomic mass is 10.2. The summed E-state index contributed by atoms with van der Waals surface area (Å²) in [6.07, 6.45) is 5.39. The molecule has 2 heterocycles. The number of ether oxygens (including phenoxy) is 1. The first-order valence-corrected chi connectivity index (χ1v) is 6.76. The summed E-state index contributed by atoms with van der Waals surface area (Å²) in [5.41, 5.74) is 1.71. The van der Waals surface area contributed by atoms with Crippen LogP contribution in [0.5, 0.6) is 0 Å². The third-order valence-electron chi connectivity index (χ3n) is 2.99. The normalized spacial score (nSPS) is 10.8. The van der Waals surface area contributed by atoms with Gasteiger partial charge in [-0.15, -0.1) is 5.10 Å². The molecule has 0 radical (unpaired) electrons. The molecule has 0 fully saturated rings. The van der Waals surface area contributed by atoms with Crippen LogP contribution in [-0.2, 0) is 18.3 Å². The highest BCUT2D eigenvalue weighted by atomic mass is 16.5. The first-order valence-electron chi connectivity index (χ1n) is 6.76. The lowest BCUT2D eigenvalue weighted by Crippen LogP contribution is -2.10. The molecule has 0 amide bonds. The summed E-state index contributed by atoms with van der Waals surface area (Å²) in [5.74, 6) is -0.452. The fourth-order valence-electron chi connectivity index (χ4n) is 1.95. The van der Waals surface area contributed by atoms with Crippen LogP contribution in [-0.4, -0.2) is 37.1 Å². The van der Waals surface area contributed by atoms with Gasteiger partial charge in [0.05, 0.1) is 24.8 Å². The maximum Gasteiger partial charge on any atom is 0.361 e. The van der Waals surface area contributed by atoms with Gasteiger partial charge in [-0.3, -0.25) is 0 Å². The monoisotopic (exact) mass is 277 g/mol. The van der Waals surface area contributed by atoms with Crippen molar-refractivity contribution < 1.29 is 9.53 Å². The van der Waals surface area contributed by atoms with Crippen molar-refractivity contribution in [2.75, 3.05) is 6.61 Å². The van der Waals surface area contributed by atoms with E-state index in [1.165, 1.54) is 0 Å². The Morgan fingerprint density at radius 1 is 1.40 bits per heavy atom. The SMILES string of the molecule is CCCCn1nnc(C(=O)OCC)c1-c1cncn1C. The van der Waals surface area contributed by atoms with Crippen LogP contribution in [0.3, 0.4) is 0 Å². The number of unbranched alkanes of at least 4 members (excludes halogenated alkanes) is 1. The number of imidazole rings is 1. The van der Waals surface area contributed by atoms with Gasteiger partial charge >= 0.3 is 5.97 Å². The standard InChI is InChI=1S/C13H19N5O2/c1-4-6-7-18-12(10-8-14-9-17(10)3)11(15-16-18)13(19)20-5-2/h8-9H,4-7H2,1-3H3. The number of nitrogens with zero attached hydrogens (tertiary/aromatic N) is 5. The molecule has 0 saturated carbocycles. The largest absolute Gasteiger partial charge is 0.461 e. The van der Waals surface area contributed by atoms with Crippen molar-refractivity contribution in [1.29, 1.82) is 0 Å². The summed E-state index contributed by atoms with van der Waals surface area (Å²) < 4.78 is 8.62. The number of aryl methyl sites for hydroxylation is 2. The third-order valence-corrected chi connectivity index (χ3v) is 2.99. The summed E-state index contributed by atoms with van der Waals surface area (Å²) >= 11 is 0. The zero-order chi connectivity index (χ0) is 14.5. The predicted octanol–water partition coefficient (Wildman–Crippen LogP) is 1.66. The Morgan fingerprint density at radius 3 is 2.80 bits per heavy atom. The summed E-state index contributed by atoms with van der Waals surface area (Å²) in [5, 5.41) is 8.06. The van der Waals surface area contributed by atoms with Gasteiger partial charge < -0.3 is 9.30 Å². The maximum absolute atomic E-state index is 12.0. The first kappa shape index (κ1) is 14.2. The molecule has 0 aromatic carbocycles. The molecule has 108 valence electrons. The Hall–Kier alpha value is -2.18. The topological polar surface area (TPSA) is 74.8 Å². The number of hydrogen-bond acceptors (Lipinski definition) is 5. The average molecular weight is 277 g/mol. The maximum atomic E-state index is 12.0. The van der Waals surface area contributed by atoms with Crippen molar-refractivity contribution >= 4 is 5.97 Å². The number of hydrogen-bond donors (Lipinski definition) is 0. The van der Waals surface area contributed by atoms with Crippen molar-refractivity contribution in [2.45, 2.75) is 33.2 Å². The fraction of sp³-hybridized carbons (Fsp3) is 0.538. The zero-order valence-corrected chi connectivity index (χ0v) is 12.0. The van der Waals surface area contributed by atoms with Gasteiger partial charge in [0.15, 0.2) is 5.69 Å². The van der Waals surface area contributed by atoms with Crippen LogP contribution in [0.15, 0.2) is 12.5 Å². The minimum atomic E-state index is -0.452. The minimum Gasteiger partial charge on any atom is -0.461 e. The Kier molecular flexibility index (Phi) is 4.49. The summed E-state index contributed by atoms with van der Waals surface area (Å²) in [4.78, 5) is 16.1. The highest BCUT2D eigenvalue weighted by Crippen LogP contribution is 2.22. The van der Waals surface area contributed by atoms with Crippen molar-refractivity contribution in [3.05, 3.63) is 18.2 Å². The van der Waals surface area contributed by atoms with E-state index in [-0.39, 0.29) is 5.69 Å². The van der Waals surface area contributed by atoms with E-state index in [1.54, 1.807) is 24.1 Å². The molecule has 0 atom stereocenters. The predicted molar refractivity (Wildman–Crippen MR) is 73.1 cm³/mol. The molecule has 0 spiro atoms. The van der Waals surface area contributed by atoms with Gasteiger partial charge in [0, 0.05) is 13.6 Å². The van der Waals surface area contributed by atoms with Gasteiger partial charge in [0.2, 0.25) is 0 Å². The number of aromatic nitrogens is 5. The van der Waals surface area contributed by atoms with E-state index >= 15 is 0 Å². The molecule has 0 aliphatic rings.